The molecule has 0 fully saturated rings. The van der Waals surface area contributed by atoms with Gasteiger partial charge in [-0.2, -0.15) is 0 Å². The Morgan fingerprint density at radius 2 is 1.91 bits per heavy atom. The summed E-state index contributed by atoms with van der Waals surface area (Å²) in [7, 11) is 0. The molecule has 23 heavy (non-hydrogen) atoms. The highest BCUT2D eigenvalue weighted by Gasteiger charge is 2.07. The quantitative estimate of drug-likeness (QED) is 0.890. The molecule has 0 aliphatic rings. The summed E-state index contributed by atoms with van der Waals surface area (Å²) < 4.78 is 31.5. The molecule has 0 saturated heterocycles. The number of nitrogens with zero attached hydrogens (tertiary/aromatic N) is 1. The maximum atomic E-state index is 13.1. The highest BCUT2D eigenvalue weighted by molar-refractivity contribution is 5.93. The lowest BCUT2D eigenvalue weighted by Crippen LogP contribution is -2.25. The maximum Gasteiger partial charge on any atom is 0.252 e. The lowest BCUT2D eigenvalue weighted by Gasteiger charge is -2.09. The molecule has 2 rings (SSSR count). The van der Waals surface area contributed by atoms with Gasteiger partial charge in [0.15, 0.2) is 0 Å². The van der Waals surface area contributed by atoms with Crippen LogP contribution in [0.5, 0.6) is 5.88 Å². The summed E-state index contributed by atoms with van der Waals surface area (Å²) in [6, 6.07) is 6.54. The van der Waals surface area contributed by atoms with Gasteiger partial charge >= 0.3 is 0 Å². The second-order valence-corrected chi connectivity index (χ2v) is 5.34. The lowest BCUT2D eigenvalue weighted by molar-refractivity contribution is 0.0953. The standard InChI is InChI=1S/C17H18F2N2O2/c1-11(2)23-16-4-3-13(10-21-16)17(22)20-6-5-12-7-14(18)9-15(19)8-12/h3-4,7-11H,5-6H2,1-2H3,(H,20,22). The number of benzene rings is 1. The largest absolute Gasteiger partial charge is 0.475 e. The van der Waals surface area contributed by atoms with Gasteiger partial charge in [0.1, 0.15) is 11.6 Å². The van der Waals surface area contributed by atoms with Gasteiger partial charge < -0.3 is 10.1 Å². The number of halogens is 2. The van der Waals surface area contributed by atoms with Crippen molar-refractivity contribution in [2.45, 2.75) is 26.4 Å². The first-order chi connectivity index (χ1) is 10.9. The topological polar surface area (TPSA) is 51.2 Å². The van der Waals surface area contributed by atoms with Crippen molar-refractivity contribution in [3.8, 4) is 5.88 Å². The van der Waals surface area contributed by atoms with Crippen LogP contribution in [0, 0.1) is 11.6 Å². The summed E-state index contributed by atoms with van der Waals surface area (Å²) in [6.45, 7) is 4.04. The molecule has 1 aromatic carbocycles. The number of aromatic nitrogens is 1. The van der Waals surface area contributed by atoms with Gasteiger partial charge in [-0.3, -0.25) is 4.79 Å². The average molecular weight is 320 g/mol. The Bertz CT molecular complexity index is 653. The molecule has 0 atom stereocenters. The molecule has 2 aromatic rings. The van der Waals surface area contributed by atoms with E-state index in [4.69, 9.17) is 4.74 Å². The zero-order chi connectivity index (χ0) is 16.8. The molecule has 0 aliphatic heterocycles. The molecule has 0 radical (unpaired) electrons. The first kappa shape index (κ1) is 16.9. The van der Waals surface area contributed by atoms with E-state index in [-0.39, 0.29) is 18.6 Å². The molecule has 1 N–H and O–H groups in total. The van der Waals surface area contributed by atoms with Crippen molar-refractivity contribution in [1.29, 1.82) is 0 Å². The van der Waals surface area contributed by atoms with Crippen LogP contribution < -0.4 is 10.1 Å². The molecular formula is C17H18F2N2O2. The monoisotopic (exact) mass is 320 g/mol. The molecule has 1 heterocycles. The van der Waals surface area contributed by atoms with Crippen LogP contribution in [0.3, 0.4) is 0 Å². The Morgan fingerprint density at radius 3 is 2.48 bits per heavy atom. The number of rotatable bonds is 6. The van der Waals surface area contributed by atoms with E-state index in [1.807, 2.05) is 13.8 Å². The fraction of sp³-hybridized carbons (Fsp3) is 0.294. The summed E-state index contributed by atoms with van der Waals surface area (Å²) in [5, 5.41) is 2.68. The van der Waals surface area contributed by atoms with Crippen molar-refractivity contribution in [2.24, 2.45) is 0 Å². The van der Waals surface area contributed by atoms with Gasteiger partial charge in [0.25, 0.3) is 5.91 Å². The molecule has 0 spiro atoms. The third kappa shape index (κ3) is 5.32. The fourth-order valence-electron chi connectivity index (χ4n) is 2.00. The van der Waals surface area contributed by atoms with Gasteiger partial charge in [-0.05, 0) is 44.0 Å². The van der Waals surface area contributed by atoms with E-state index in [1.165, 1.54) is 18.3 Å². The molecule has 1 aromatic heterocycles. The molecule has 0 aliphatic carbocycles. The number of nitrogens with one attached hydrogen (secondary N) is 1. The molecule has 1 amide bonds. The van der Waals surface area contributed by atoms with E-state index < -0.39 is 11.6 Å². The summed E-state index contributed by atoms with van der Waals surface area (Å²) in [4.78, 5) is 16.0. The minimum Gasteiger partial charge on any atom is -0.475 e. The number of carbonyl (C=O) groups is 1. The van der Waals surface area contributed by atoms with Crippen LogP contribution in [0.2, 0.25) is 0 Å². The Kier molecular flexibility index (Phi) is 5.62. The van der Waals surface area contributed by atoms with Crippen molar-refractivity contribution in [2.75, 3.05) is 6.54 Å². The summed E-state index contributed by atoms with van der Waals surface area (Å²) >= 11 is 0. The van der Waals surface area contributed by atoms with E-state index in [1.54, 1.807) is 12.1 Å². The molecule has 0 saturated carbocycles. The second kappa shape index (κ2) is 7.67. The van der Waals surface area contributed by atoms with Crippen LogP contribution in [-0.2, 0) is 6.42 Å². The summed E-state index contributed by atoms with van der Waals surface area (Å²) in [5.74, 6) is -1.11. The van der Waals surface area contributed by atoms with Crippen molar-refractivity contribution < 1.29 is 18.3 Å². The predicted octanol–water partition coefficient (Wildman–Crippen LogP) is 3.12. The predicted molar refractivity (Wildman–Crippen MR) is 82.4 cm³/mol. The average Bonchev–Trinajstić information content (AvgIpc) is 2.46. The van der Waals surface area contributed by atoms with Crippen LogP contribution in [0.15, 0.2) is 36.5 Å². The highest BCUT2D eigenvalue weighted by Crippen LogP contribution is 2.10. The van der Waals surface area contributed by atoms with Crippen LogP contribution in [-0.4, -0.2) is 23.5 Å². The zero-order valence-corrected chi connectivity index (χ0v) is 13.0. The Morgan fingerprint density at radius 1 is 1.22 bits per heavy atom. The van der Waals surface area contributed by atoms with Gasteiger partial charge in [0, 0.05) is 24.9 Å². The van der Waals surface area contributed by atoms with E-state index in [9.17, 15) is 13.6 Å². The van der Waals surface area contributed by atoms with E-state index in [2.05, 4.69) is 10.3 Å². The van der Waals surface area contributed by atoms with E-state index >= 15 is 0 Å². The first-order valence-corrected chi connectivity index (χ1v) is 7.30. The number of hydrogen-bond acceptors (Lipinski definition) is 3. The van der Waals surface area contributed by atoms with Crippen LogP contribution >= 0.6 is 0 Å². The van der Waals surface area contributed by atoms with Crippen molar-refractivity contribution in [3.05, 3.63) is 59.3 Å². The van der Waals surface area contributed by atoms with Crippen molar-refractivity contribution >= 4 is 5.91 Å². The molecule has 6 heteroatoms. The number of hydrogen-bond donors (Lipinski definition) is 1. The zero-order valence-electron chi connectivity index (χ0n) is 13.0. The minimum atomic E-state index is -0.628. The normalized spacial score (nSPS) is 10.7. The van der Waals surface area contributed by atoms with E-state index in [0.29, 0.717) is 23.4 Å². The minimum absolute atomic E-state index is 0.00819. The number of pyridine rings is 1. The smallest absolute Gasteiger partial charge is 0.252 e. The van der Waals surface area contributed by atoms with E-state index in [0.717, 1.165) is 6.07 Å². The summed E-state index contributed by atoms with van der Waals surface area (Å²) in [6.07, 6.45) is 1.77. The Hall–Kier alpha value is -2.50. The third-order valence-corrected chi connectivity index (χ3v) is 2.98. The first-order valence-electron chi connectivity index (χ1n) is 7.30. The maximum absolute atomic E-state index is 13.1. The highest BCUT2D eigenvalue weighted by atomic mass is 19.1. The third-order valence-electron chi connectivity index (χ3n) is 2.98. The Balaban J connectivity index is 1.87. The van der Waals surface area contributed by atoms with Gasteiger partial charge in [-0.15, -0.1) is 0 Å². The van der Waals surface area contributed by atoms with Gasteiger partial charge in [-0.25, -0.2) is 13.8 Å². The van der Waals surface area contributed by atoms with Crippen LogP contribution in [0.4, 0.5) is 8.78 Å². The molecule has 4 nitrogen and oxygen atoms in total. The molecule has 0 bridgehead atoms. The Labute approximate surface area is 133 Å². The molecular weight excluding hydrogens is 302 g/mol. The van der Waals surface area contributed by atoms with Crippen LogP contribution in [0.1, 0.15) is 29.8 Å². The van der Waals surface area contributed by atoms with Gasteiger partial charge in [-0.1, -0.05) is 0 Å². The molecule has 122 valence electrons. The van der Waals surface area contributed by atoms with Gasteiger partial charge in [0.05, 0.1) is 11.7 Å². The number of carbonyl (C=O) groups excluding carboxylic acids is 1. The second-order valence-electron chi connectivity index (χ2n) is 5.34. The van der Waals surface area contributed by atoms with Crippen molar-refractivity contribution in [1.82, 2.24) is 10.3 Å². The summed E-state index contributed by atoms with van der Waals surface area (Å²) in [5.41, 5.74) is 0.883. The fourth-order valence-corrected chi connectivity index (χ4v) is 2.00. The number of ether oxygens (including phenoxy) is 1. The molecule has 0 unspecified atom stereocenters. The van der Waals surface area contributed by atoms with Gasteiger partial charge in [0.2, 0.25) is 5.88 Å². The van der Waals surface area contributed by atoms with Crippen LogP contribution in [0.25, 0.3) is 0 Å². The van der Waals surface area contributed by atoms with Crippen molar-refractivity contribution in [3.63, 3.8) is 0 Å². The SMILES string of the molecule is CC(C)Oc1ccc(C(=O)NCCc2cc(F)cc(F)c2)cn1. The number of amides is 1. The lowest BCUT2D eigenvalue weighted by atomic mass is 10.1.